The Hall–Kier alpha value is -2.43. The van der Waals surface area contributed by atoms with Gasteiger partial charge in [0.05, 0.1) is 17.3 Å². The van der Waals surface area contributed by atoms with Crippen molar-refractivity contribution < 1.29 is 0 Å². The van der Waals surface area contributed by atoms with Gasteiger partial charge in [-0.25, -0.2) is 4.98 Å². The van der Waals surface area contributed by atoms with Crippen LogP contribution < -0.4 is 5.32 Å². The first-order chi connectivity index (χ1) is 7.93. The van der Waals surface area contributed by atoms with Crippen molar-refractivity contribution in [3.05, 3.63) is 43.0 Å². The number of hydrogen-bond acceptors (Lipinski definition) is 4. The number of rotatable bonds is 2. The average molecular weight is 211 g/mol. The summed E-state index contributed by atoms with van der Waals surface area (Å²) in [5.74, 6) is 0. The molecule has 0 fully saturated rings. The Labute approximate surface area is 91.6 Å². The van der Waals surface area contributed by atoms with Crippen LogP contribution in [-0.2, 0) is 0 Å². The number of anilines is 2. The van der Waals surface area contributed by atoms with Crippen LogP contribution in [0.4, 0.5) is 11.4 Å². The highest BCUT2D eigenvalue weighted by molar-refractivity contribution is 5.90. The number of aromatic nitrogens is 4. The van der Waals surface area contributed by atoms with Crippen molar-refractivity contribution in [1.29, 1.82) is 0 Å². The molecule has 0 radical (unpaired) electrons. The van der Waals surface area contributed by atoms with Crippen LogP contribution in [0.25, 0.3) is 11.0 Å². The Balaban J connectivity index is 2.04. The average Bonchev–Trinajstić information content (AvgIpc) is 2.80. The molecule has 0 aliphatic rings. The summed E-state index contributed by atoms with van der Waals surface area (Å²) < 4.78 is 0. The number of aromatic amines is 1. The molecular weight excluding hydrogens is 202 g/mol. The Kier molecular flexibility index (Phi) is 2.00. The number of nitrogens with zero attached hydrogens (tertiary/aromatic N) is 3. The van der Waals surface area contributed by atoms with E-state index in [1.165, 1.54) is 0 Å². The zero-order chi connectivity index (χ0) is 10.8. The first-order valence-electron chi connectivity index (χ1n) is 4.88. The van der Waals surface area contributed by atoms with Crippen molar-refractivity contribution in [2.24, 2.45) is 0 Å². The van der Waals surface area contributed by atoms with Gasteiger partial charge in [-0.1, -0.05) is 0 Å². The molecule has 0 unspecified atom stereocenters. The molecule has 0 saturated heterocycles. The summed E-state index contributed by atoms with van der Waals surface area (Å²) in [6.45, 7) is 0. The minimum atomic E-state index is 0.777. The molecule has 78 valence electrons. The zero-order valence-electron chi connectivity index (χ0n) is 8.38. The summed E-state index contributed by atoms with van der Waals surface area (Å²) in [4.78, 5) is 8.14. The molecule has 5 heteroatoms. The molecule has 0 aromatic carbocycles. The lowest BCUT2D eigenvalue weighted by Crippen LogP contribution is -1.91. The third-order valence-electron chi connectivity index (χ3n) is 2.31. The molecule has 3 aromatic rings. The van der Waals surface area contributed by atoms with Crippen molar-refractivity contribution in [3.8, 4) is 0 Å². The fourth-order valence-corrected chi connectivity index (χ4v) is 1.55. The van der Waals surface area contributed by atoms with E-state index in [0.717, 1.165) is 22.4 Å². The van der Waals surface area contributed by atoms with Crippen LogP contribution in [0.3, 0.4) is 0 Å². The number of hydrogen-bond donors (Lipinski definition) is 2. The van der Waals surface area contributed by atoms with Gasteiger partial charge < -0.3 is 5.32 Å². The van der Waals surface area contributed by atoms with Crippen LogP contribution in [0.15, 0.2) is 43.0 Å². The second kappa shape index (κ2) is 3.62. The Morgan fingerprint density at radius 3 is 2.81 bits per heavy atom. The molecule has 0 bridgehead atoms. The lowest BCUT2D eigenvalue weighted by molar-refractivity contribution is 1.10. The van der Waals surface area contributed by atoms with Crippen molar-refractivity contribution in [1.82, 2.24) is 20.2 Å². The van der Waals surface area contributed by atoms with Crippen LogP contribution in [0.5, 0.6) is 0 Å². The monoisotopic (exact) mass is 211 g/mol. The Bertz CT molecular complexity index is 602. The second-order valence-electron chi connectivity index (χ2n) is 3.35. The minimum Gasteiger partial charge on any atom is -0.355 e. The van der Waals surface area contributed by atoms with Crippen molar-refractivity contribution >= 4 is 22.4 Å². The van der Waals surface area contributed by atoms with Crippen LogP contribution in [-0.4, -0.2) is 20.2 Å². The van der Waals surface area contributed by atoms with Gasteiger partial charge in [0, 0.05) is 24.3 Å². The van der Waals surface area contributed by atoms with Gasteiger partial charge in [-0.2, -0.15) is 5.10 Å². The Morgan fingerprint density at radius 1 is 1.06 bits per heavy atom. The highest BCUT2D eigenvalue weighted by Crippen LogP contribution is 2.22. The standard InChI is InChI=1S/C11H9N5/c1-4-12-5-2-8(1)15-10-3-6-13-11-9(10)7-14-16-11/h1-7H,(H2,12,13,14,15,16). The van der Waals surface area contributed by atoms with E-state index in [4.69, 9.17) is 0 Å². The first-order valence-corrected chi connectivity index (χ1v) is 4.88. The van der Waals surface area contributed by atoms with E-state index in [1.54, 1.807) is 24.8 Å². The predicted octanol–water partition coefficient (Wildman–Crippen LogP) is 2.10. The van der Waals surface area contributed by atoms with Crippen molar-refractivity contribution in [2.45, 2.75) is 0 Å². The lowest BCUT2D eigenvalue weighted by atomic mass is 10.3. The SMILES string of the molecule is c1cc(Nc2ccnc3[nH]ncc23)ccn1. The Morgan fingerprint density at radius 2 is 1.94 bits per heavy atom. The minimum absolute atomic E-state index is 0.777. The van der Waals surface area contributed by atoms with Crippen LogP contribution in [0.1, 0.15) is 0 Å². The van der Waals surface area contributed by atoms with E-state index in [0.29, 0.717) is 0 Å². The zero-order valence-corrected chi connectivity index (χ0v) is 8.38. The third-order valence-corrected chi connectivity index (χ3v) is 2.31. The summed E-state index contributed by atoms with van der Waals surface area (Å²) in [6.07, 6.45) is 6.99. The molecule has 3 heterocycles. The molecule has 3 rings (SSSR count). The van der Waals surface area contributed by atoms with Crippen LogP contribution >= 0.6 is 0 Å². The second-order valence-corrected chi connectivity index (χ2v) is 3.35. The van der Waals surface area contributed by atoms with Gasteiger partial charge in [-0.05, 0) is 18.2 Å². The molecule has 0 spiro atoms. The third kappa shape index (κ3) is 1.48. The summed E-state index contributed by atoms with van der Waals surface area (Å²) in [7, 11) is 0. The molecule has 3 aromatic heterocycles. The summed E-state index contributed by atoms with van der Waals surface area (Å²) >= 11 is 0. The van der Waals surface area contributed by atoms with E-state index < -0.39 is 0 Å². The maximum absolute atomic E-state index is 4.17. The van der Waals surface area contributed by atoms with Gasteiger partial charge in [-0.15, -0.1) is 0 Å². The van der Waals surface area contributed by atoms with Gasteiger partial charge >= 0.3 is 0 Å². The number of H-pyrrole nitrogens is 1. The van der Waals surface area contributed by atoms with Crippen molar-refractivity contribution in [2.75, 3.05) is 5.32 Å². The van der Waals surface area contributed by atoms with Crippen molar-refractivity contribution in [3.63, 3.8) is 0 Å². The van der Waals surface area contributed by atoms with E-state index in [2.05, 4.69) is 25.5 Å². The molecule has 5 nitrogen and oxygen atoms in total. The molecule has 0 atom stereocenters. The maximum atomic E-state index is 4.17. The number of nitrogens with one attached hydrogen (secondary N) is 2. The fourth-order valence-electron chi connectivity index (χ4n) is 1.55. The lowest BCUT2D eigenvalue weighted by Gasteiger charge is -2.05. The molecule has 0 saturated carbocycles. The molecule has 0 aliphatic carbocycles. The topological polar surface area (TPSA) is 66.5 Å². The normalized spacial score (nSPS) is 10.5. The van der Waals surface area contributed by atoms with Crippen LogP contribution in [0.2, 0.25) is 0 Å². The smallest absolute Gasteiger partial charge is 0.157 e. The summed E-state index contributed by atoms with van der Waals surface area (Å²) in [6, 6.07) is 5.73. The van der Waals surface area contributed by atoms with Gasteiger partial charge in [0.2, 0.25) is 0 Å². The fraction of sp³-hybridized carbons (Fsp3) is 0. The van der Waals surface area contributed by atoms with Gasteiger partial charge in [0.15, 0.2) is 5.65 Å². The summed E-state index contributed by atoms with van der Waals surface area (Å²) in [5, 5.41) is 11.1. The van der Waals surface area contributed by atoms with Crippen LogP contribution in [0, 0.1) is 0 Å². The van der Waals surface area contributed by atoms with E-state index in [1.807, 2.05) is 18.2 Å². The highest BCUT2D eigenvalue weighted by Gasteiger charge is 2.03. The predicted molar refractivity (Wildman–Crippen MR) is 61.4 cm³/mol. The van der Waals surface area contributed by atoms with Gasteiger partial charge in [0.1, 0.15) is 0 Å². The summed E-state index contributed by atoms with van der Waals surface area (Å²) in [5.41, 5.74) is 2.74. The first kappa shape index (κ1) is 8.84. The largest absolute Gasteiger partial charge is 0.355 e. The molecular formula is C11H9N5. The van der Waals surface area contributed by atoms with Gasteiger partial charge in [0.25, 0.3) is 0 Å². The van der Waals surface area contributed by atoms with E-state index in [9.17, 15) is 0 Å². The highest BCUT2D eigenvalue weighted by atomic mass is 15.1. The van der Waals surface area contributed by atoms with E-state index in [-0.39, 0.29) is 0 Å². The number of pyridine rings is 2. The van der Waals surface area contributed by atoms with Gasteiger partial charge in [-0.3, -0.25) is 10.1 Å². The van der Waals surface area contributed by atoms with E-state index >= 15 is 0 Å². The molecule has 2 N–H and O–H groups in total. The quantitative estimate of drug-likeness (QED) is 0.681. The molecule has 0 aliphatic heterocycles. The molecule has 0 amide bonds. The number of fused-ring (bicyclic) bond motifs is 1. The maximum Gasteiger partial charge on any atom is 0.157 e. The molecule has 16 heavy (non-hydrogen) atoms.